The third-order valence-electron chi connectivity index (χ3n) is 1.83. The normalized spacial score (nSPS) is 12.0. The van der Waals surface area contributed by atoms with Gasteiger partial charge < -0.3 is 0 Å². The third-order valence-corrected chi connectivity index (χ3v) is 1.83. The molecular weight excluding hydrogens is 116 g/mol. The van der Waals surface area contributed by atoms with Gasteiger partial charge in [0.05, 0.1) is 6.61 Å². The summed E-state index contributed by atoms with van der Waals surface area (Å²) in [7, 11) is 0. The van der Waals surface area contributed by atoms with Crippen molar-refractivity contribution in [1.29, 1.82) is 0 Å². The fourth-order valence-corrected chi connectivity index (χ4v) is 0.499. The van der Waals surface area contributed by atoms with E-state index in [1.165, 1.54) is 0 Å². The van der Waals surface area contributed by atoms with Crippen LogP contribution >= 0.6 is 0 Å². The molecule has 0 aliphatic heterocycles. The molecule has 0 bridgehead atoms. The van der Waals surface area contributed by atoms with Gasteiger partial charge in [-0.2, -0.15) is 0 Å². The van der Waals surface area contributed by atoms with Gasteiger partial charge in [-0.15, -0.1) is 0 Å². The van der Waals surface area contributed by atoms with Crippen LogP contribution in [0.1, 0.15) is 33.6 Å². The molecule has 0 amide bonds. The summed E-state index contributed by atoms with van der Waals surface area (Å²) in [5.41, 5.74) is 0.308. The first-order valence-corrected chi connectivity index (χ1v) is 3.39. The minimum Gasteiger partial charge on any atom is -0.252 e. The van der Waals surface area contributed by atoms with E-state index in [1.54, 1.807) is 0 Å². The smallest absolute Gasteiger partial charge is 0.0824 e. The first kappa shape index (κ1) is 8.92. The Bertz CT molecular complexity index is 69.3. The lowest BCUT2D eigenvalue weighted by molar-refractivity contribution is -0.246. The first-order valence-electron chi connectivity index (χ1n) is 3.39. The maximum absolute atomic E-state index is 8.03. The summed E-state index contributed by atoms with van der Waals surface area (Å²) in [5, 5.41) is 8.03. The molecule has 0 aliphatic rings. The molecule has 0 atom stereocenters. The van der Waals surface area contributed by atoms with Crippen molar-refractivity contribution in [2.45, 2.75) is 33.6 Å². The van der Waals surface area contributed by atoms with Gasteiger partial charge in [0.25, 0.3) is 0 Å². The van der Waals surface area contributed by atoms with Crippen LogP contribution in [0, 0.1) is 5.41 Å². The molecule has 0 spiro atoms. The van der Waals surface area contributed by atoms with E-state index in [0.717, 1.165) is 12.8 Å². The summed E-state index contributed by atoms with van der Waals surface area (Å²) in [6.07, 6.45) is 2.04. The van der Waals surface area contributed by atoms with E-state index >= 15 is 0 Å². The van der Waals surface area contributed by atoms with Crippen LogP contribution in [-0.4, -0.2) is 11.9 Å². The molecule has 0 saturated heterocycles. The summed E-state index contributed by atoms with van der Waals surface area (Å²) >= 11 is 0. The number of hydrogen-bond donors (Lipinski definition) is 1. The van der Waals surface area contributed by atoms with Gasteiger partial charge in [0.15, 0.2) is 0 Å². The summed E-state index contributed by atoms with van der Waals surface area (Å²) in [4.78, 5) is 3.98. The van der Waals surface area contributed by atoms with Crippen molar-refractivity contribution < 1.29 is 10.1 Å². The highest BCUT2D eigenvalue weighted by atomic mass is 17.1. The van der Waals surface area contributed by atoms with Gasteiger partial charge >= 0.3 is 0 Å². The van der Waals surface area contributed by atoms with Gasteiger partial charge in [-0.25, -0.2) is 4.89 Å². The zero-order valence-corrected chi connectivity index (χ0v) is 6.48. The average molecular weight is 132 g/mol. The van der Waals surface area contributed by atoms with Crippen LogP contribution in [-0.2, 0) is 4.89 Å². The molecule has 0 rings (SSSR count). The van der Waals surface area contributed by atoms with Crippen LogP contribution in [0.4, 0.5) is 0 Å². The van der Waals surface area contributed by atoms with Crippen molar-refractivity contribution >= 4 is 0 Å². The van der Waals surface area contributed by atoms with E-state index in [4.69, 9.17) is 5.26 Å². The zero-order valence-electron chi connectivity index (χ0n) is 6.48. The summed E-state index contributed by atoms with van der Waals surface area (Å²) in [6, 6.07) is 0. The Hall–Kier alpha value is -0.0800. The highest BCUT2D eigenvalue weighted by Gasteiger charge is 2.13. The van der Waals surface area contributed by atoms with Crippen molar-refractivity contribution in [3.05, 3.63) is 0 Å². The van der Waals surface area contributed by atoms with Crippen molar-refractivity contribution in [2.24, 2.45) is 5.41 Å². The second-order valence-corrected chi connectivity index (χ2v) is 3.10. The van der Waals surface area contributed by atoms with Crippen molar-refractivity contribution in [3.63, 3.8) is 0 Å². The minimum absolute atomic E-state index is 0.308. The van der Waals surface area contributed by atoms with E-state index < -0.39 is 0 Å². The molecule has 0 aliphatic carbocycles. The quantitative estimate of drug-likeness (QED) is 0.469. The molecule has 0 heterocycles. The highest BCUT2D eigenvalue weighted by molar-refractivity contribution is 4.64. The largest absolute Gasteiger partial charge is 0.252 e. The van der Waals surface area contributed by atoms with E-state index in [-0.39, 0.29) is 0 Å². The van der Waals surface area contributed by atoms with Crippen LogP contribution < -0.4 is 0 Å². The van der Waals surface area contributed by atoms with Crippen molar-refractivity contribution in [2.75, 3.05) is 6.61 Å². The Morgan fingerprint density at radius 2 is 2.00 bits per heavy atom. The number of hydrogen-bond acceptors (Lipinski definition) is 2. The molecule has 2 nitrogen and oxygen atoms in total. The zero-order chi connectivity index (χ0) is 7.33. The second kappa shape index (κ2) is 3.85. The second-order valence-electron chi connectivity index (χ2n) is 3.10. The molecule has 0 fully saturated rings. The van der Waals surface area contributed by atoms with Crippen LogP contribution in [0.25, 0.3) is 0 Å². The number of rotatable bonds is 4. The van der Waals surface area contributed by atoms with Crippen LogP contribution in [0.2, 0.25) is 0 Å². The lowest BCUT2D eigenvalue weighted by atomic mass is 9.87. The molecular formula is C7H16O2. The van der Waals surface area contributed by atoms with Gasteiger partial charge in [0.1, 0.15) is 0 Å². The minimum atomic E-state index is 0.308. The molecule has 0 unspecified atom stereocenters. The third kappa shape index (κ3) is 4.43. The van der Waals surface area contributed by atoms with E-state index in [2.05, 4.69) is 25.7 Å². The van der Waals surface area contributed by atoms with Gasteiger partial charge in [-0.05, 0) is 11.8 Å². The Labute approximate surface area is 56.8 Å². The predicted molar refractivity (Wildman–Crippen MR) is 37.3 cm³/mol. The van der Waals surface area contributed by atoms with Crippen LogP contribution in [0.3, 0.4) is 0 Å². The Balaban J connectivity index is 3.33. The monoisotopic (exact) mass is 132 g/mol. The molecule has 0 radical (unpaired) electrons. The fourth-order valence-electron chi connectivity index (χ4n) is 0.499. The maximum Gasteiger partial charge on any atom is 0.0824 e. The molecule has 9 heavy (non-hydrogen) atoms. The lowest BCUT2D eigenvalue weighted by Crippen LogP contribution is -2.12. The predicted octanol–water partition coefficient (Wildman–Crippen LogP) is 2.30. The maximum atomic E-state index is 8.03. The van der Waals surface area contributed by atoms with E-state index in [1.807, 2.05) is 0 Å². The van der Waals surface area contributed by atoms with Crippen LogP contribution in [0.15, 0.2) is 0 Å². The van der Waals surface area contributed by atoms with E-state index in [9.17, 15) is 0 Å². The molecule has 0 saturated carbocycles. The Morgan fingerprint density at radius 3 is 2.33 bits per heavy atom. The van der Waals surface area contributed by atoms with E-state index in [0.29, 0.717) is 12.0 Å². The molecule has 2 heteroatoms. The molecule has 0 aromatic carbocycles. The molecule has 1 N–H and O–H groups in total. The standard InChI is InChI=1S/C7H16O2/c1-4-7(2,3)5-6-9-8/h8H,4-6H2,1-3H3. The molecule has 0 aromatic heterocycles. The van der Waals surface area contributed by atoms with Crippen LogP contribution in [0.5, 0.6) is 0 Å². The van der Waals surface area contributed by atoms with Gasteiger partial charge in [0.2, 0.25) is 0 Å². The van der Waals surface area contributed by atoms with Crippen molar-refractivity contribution in [1.82, 2.24) is 0 Å². The molecule has 56 valence electrons. The Kier molecular flexibility index (Phi) is 3.82. The lowest BCUT2D eigenvalue weighted by Gasteiger charge is -2.20. The molecule has 0 aromatic rings. The van der Waals surface area contributed by atoms with Gasteiger partial charge in [-0.1, -0.05) is 27.2 Å². The van der Waals surface area contributed by atoms with Crippen molar-refractivity contribution in [3.8, 4) is 0 Å². The summed E-state index contributed by atoms with van der Waals surface area (Å²) in [5.74, 6) is 0. The fraction of sp³-hybridized carbons (Fsp3) is 1.00. The SMILES string of the molecule is CCC(C)(C)CCOO. The summed E-state index contributed by atoms with van der Waals surface area (Å²) < 4.78 is 0. The highest BCUT2D eigenvalue weighted by Crippen LogP contribution is 2.23. The van der Waals surface area contributed by atoms with Gasteiger partial charge in [-0.3, -0.25) is 5.26 Å². The first-order chi connectivity index (χ1) is 4.12. The Morgan fingerprint density at radius 1 is 1.44 bits per heavy atom. The van der Waals surface area contributed by atoms with Gasteiger partial charge in [0, 0.05) is 0 Å². The summed E-state index contributed by atoms with van der Waals surface area (Å²) in [6.45, 7) is 6.90. The topological polar surface area (TPSA) is 29.5 Å². The average Bonchev–Trinajstić information content (AvgIpc) is 1.84.